The van der Waals surface area contributed by atoms with Gasteiger partial charge in [-0.2, -0.15) is 0 Å². The van der Waals surface area contributed by atoms with Crippen LogP contribution in [-0.4, -0.2) is 11.7 Å². The van der Waals surface area contributed by atoms with Gasteiger partial charge >= 0.3 is 0 Å². The van der Waals surface area contributed by atoms with Crippen molar-refractivity contribution in [2.24, 2.45) is 0 Å². The number of aryl methyl sites for hydroxylation is 1. The van der Waals surface area contributed by atoms with Gasteiger partial charge in [-0.1, -0.05) is 12.1 Å². The lowest BCUT2D eigenvalue weighted by Crippen LogP contribution is -2.15. The highest BCUT2D eigenvalue weighted by Crippen LogP contribution is 2.21. The molecule has 0 aromatic heterocycles. The quantitative estimate of drug-likeness (QED) is 0.667. The van der Waals surface area contributed by atoms with Crippen molar-refractivity contribution in [3.05, 3.63) is 53.6 Å². The summed E-state index contributed by atoms with van der Waals surface area (Å²) in [5, 5.41) is 2.95. The molecule has 0 spiro atoms. The first-order valence-electron chi connectivity index (χ1n) is 6.40. The summed E-state index contributed by atoms with van der Waals surface area (Å²) in [6.45, 7) is 4.05. The molecule has 20 heavy (non-hydrogen) atoms. The number of thioether (sulfide) groups is 1. The molecule has 0 unspecified atom stereocenters. The van der Waals surface area contributed by atoms with E-state index in [2.05, 4.69) is 5.32 Å². The largest absolute Gasteiger partial charge is 0.399 e. The Hall–Kier alpha value is -1.94. The number of benzene rings is 2. The first-order valence-corrected chi connectivity index (χ1v) is 7.39. The van der Waals surface area contributed by atoms with Gasteiger partial charge in [-0.3, -0.25) is 4.79 Å². The molecule has 0 bridgehead atoms. The van der Waals surface area contributed by atoms with Crippen LogP contribution >= 0.6 is 11.8 Å². The lowest BCUT2D eigenvalue weighted by molar-refractivity contribution is -0.113. The van der Waals surface area contributed by atoms with E-state index in [1.807, 2.05) is 56.3 Å². The zero-order valence-corrected chi connectivity index (χ0v) is 12.5. The first-order chi connectivity index (χ1) is 9.56. The molecule has 0 atom stereocenters. The lowest BCUT2D eigenvalue weighted by Gasteiger charge is -2.10. The first kappa shape index (κ1) is 14.5. The van der Waals surface area contributed by atoms with Gasteiger partial charge in [0, 0.05) is 16.3 Å². The molecule has 104 valence electrons. The molecular formula is C16H18N2OS. The molecular weight excluding hydrogens is 268 g/mol. The minimum absolute atomic E-state index is 0.000486. The van der Waals surface area contributed by atoms with Crippen LogP contribution in [0.2, 0.25) is 0 Å². The number of carbonyl (C=O) groups is 1. The number of nitrogens with two attached hydrogens (primary N) is 1. The highest BCUT2D eigenvalue weighted by atomic mass is 32.2. The molecule has 0 aliphatic rings. The zero-order valence-electron chi connectivity index (χ0n) is 11.6. The molecule has 0 aliphatic heterocycles. The van der Waals surface area contributed by atoms with Gasteiger partial charge in [0.2, 0.25) is 5.91 Å². The Morgan fingerprint density at radius 3 is 2.55 bits per heavy atom. The van der Waals surface area contributed by atoms with Crippen LogP contribution in [0.3, 0.4) is 0 Å². The SMILES string of the molecule is Cc1cccc(NC(=O)CSc2ccc(N)cc2)c1C. The van der Waals surface area contributed by atoms with Crippen molar-refractivity contribution in [2.75, 3.05) is 16.8 Å². The van der Waals surface area contributed by atoms with Crippen molar-refractivity contribution in [2.45, 2.75) is 18.7 Å². The topological polar surface area (TPSA) is 55.1 Å². The van der Waals surface area contributed by atoms with Crippen LogP contribution in [0.5, 0.6) is 0 Å². The maximum atomic E-state index is 12.0. The zero-order chi connectivity index (χ0) is 14.5. The molecule has 0 fully saturated rings. The van der Waals surface area contributed by atoms with Crippen LogP contribution in [-0.2, 0) is 4.79 Å². The maximum Gasteiger partial charge on any atom is 0.234 e. The standard InChI is InChI=1S/C16H18N2OS/c1-11-4-3-5-15(12(11)2)18-16(19)10-20-14-8-6-13(17)7-9-14/h3-9H,10,17H2,1-2H3,(H,18,19). The molecule has 2 rings (SSSR count). The summed E-state index contributed by atoms with van der Waals surface area (Å²) in [7, 11) is 0. The van der Waals surface area contributed by atoms with Gasteiger partial charge in [0.05, 0.1) is 5.75 Å². The van der Waals surface area contributed by atoms with Crippen molar-refractivity contribution in [1.29, 1.82) is 0 Å². The number of hydrogen-bond donors (Lipinski definition) is 2. The third kappa shape index (κ3) is 3.78. The Morgan fingerprint density at radius 1 is 1.15 bits per heavy atom. The highest BCUT2D eigenvalue weighted by Gasteiger charge is 2.06. The van der Waals surface area contributed by atoms with E-state index in [0.29, 0.717) is 5.75 Å². The van der Waals surface area contributed by atoms with Crippen LogP contribution in [0.15, 0.2) is 47.4 Å². The van der Waals surface area contributed by atoms with E-state index in [-0.39, 0.29) is 5.91 Å². The second-order valence-corrected chi connectivity index (χ2v) is 5.70. The number of nitrogen functional groups attached to an aromatic ring is 1. The summed E-state index contributed by atoms with van der Waals surface area (Å²) in [6, 6.07) is 13.4. The van der Waals surface area contributed by atoms with E-state index in [9.17, 15) is 4.79 Å². The van der Waals surface area contributed by atoms with Crippen molar-refractivity contribution >= 4 is 29.0 Å². The number of anilines is 2. The monoisotopic (exact) mass is 286 g/mol. The molecule has 2 aromatic rings. The van der Waals surface area contributed by atoms with Crippen LogP contribution in [0.25, 0.3) is 0 Å². The van der Waals surface area contributed by atoms with E-state index in [1.165, 1.54) is 17.3 Å². The van der Waals surface area contributed by atoms with Gasteiger partial charge in [-0.15, -0.1) is 11.8 Å². The summed E-state index contributed by atoms with van der Waals surface area (Å²) in [6.07, 6.45) is 0. The smallest absolute Gasteiger partial charge is 0.234 e. The third-order valence-electron chi connectivity index (χ3n) is 3.13. The van der Waals surface area contributed by atoms with Crippen LogP contribution < -0.4 is 11.1 Å². The van der Waals surface area contributed by atoms with Crippen LogP contribution in [0, 0.1) is 13.8 Å². The number of nitrogens with one attached hydrogen (secondary N) is 1. The molecule has 0 heterocycles. The molecule has 3 nitrogen and oxygen atoms in total. The average molecular weight is 286 g/mol. The predicted molar refractivity (Wildman–Crippen MR) is 86.1 cm³/mol. The highest BCUT2D eigenvalue weighted by molar-refractivity contribution is 8.00. The molecule has 3 N–H and O–H groups in total. The second kappa shape index (κ2) is 6.48. The normalized spacial score (nSPS) is 10.3. The van der Waals surface area contributed by atoms with E-state index in [4.69, 9.17) is 5.73 Å². The Kier molecular flexibility index (Phi) is 4.69. The fourth-order valence-corrected chi connectivity index (χ4v) is 2.48. The van der Waals surface area contributed by atoms with Gasteiger partial charge in [0.1, 0.15) is 0 Å². The molecule has 1 amide bonds. The number of amides is 1. The van der Waals surface area contributed by atoms with E-state index < -0.39 is 0 Å². The third-order valence-corrected chi connectivity index (χ3v) is 4.14. The fourth-order valence-electron chi connectivity index (χ4n) is 1.79. The molecule has 0 saturated heterocycles. The van der Waals surface area contributed by atoms with Gasteiger partial charge in [0.15, 0.2) is 0 Å². The number of rotatable bonds is 4. The Labute approximate surface area is 123 Å². The van der Waals surface area contributed by atoms with Crippen molar-refractivity contribution < 1.29 is 4.79 Å². The Bertz CT molecular complexity index is 608. The van der Waals surface area contributed by atoms with Crippen LogP contribution in [0.4, 0.5) is 11.4 Å². The minimum atomic E-state index is 0.000486. The van der Waals surface area contributed by atoms with Gasteiger partial charge in [-0.05, 0) is 55.3 Å². The molecule has 0 aliphatic carbocycles. The van der Waals surface area contributed by atoms with Gasteiger partial charge in [0.25, 0.3) is 0 Å². The van der Waals surface area contributed by atoms with Crippen molar-refractivity contribution in [3.63, 3.8) is 0 Å². The van der Waals surface area contributed by atoms with E-state index in [1.54, 1.807) is 0 Å². The van der Waals surface area contributed by atoms with Crippen LogP contribution in [0.1, 0.15) is 11.1 Å². The summed E-state index contributed by atoms with van der Waals surface area (Å²) >= 11 is 1.50. The Morgan fingerprint density at radius 2 is 1.85 bits per heavy atom. The lowest BCUT2D eigenvalue weighted by atomic mass is 10.1. The molecule has 2 aromatic carbocycles. The molecule has 4 heteroatoms. The van der Waals surface area contributed by atoms with Gasteiger partial charge in [-0.25, -0.2) is 0 Å². The minimum Gasteiger partial charge on any atom is -0.399 e. The number of carbonyl (C=O) groups excluding carboxylic acids is 1. The molecule has 0 saturated carbocycles. The van der Waals surface area contributed by atoms with Crippen molar-refractivity contribution in [1.82, 2.24) is 0 Å². The number of hydrogen-bond acceptors (Lipinski definition) is 3. The predicted octanol–water partition coefficient (Wildman–Crippen LogP) is 3.62. The summed E-state index contributed by atoms with van der Waals surface area (Å²) in [5.74, 6) is 0.387. The summed E-state index contributed by atoms with van der Waals surface area (Å²) in [4.78, 5) is 13.0. The average Bonchev–Trinajstić information content (AvgIpc) is 2.43. The molecule has 0 radical (unpaired) electrons. The maximum absolute atomic E-state index is 12.0. The summed E-state index contributed by atoms with van der Waals surface area (Å²) < 4.78 is 0. The second-order valence-electron chi connectivity index (χ2n) is 4.65. The fraction of sp³-hybridized carbons (Fsp3) is 0.188. The Balaban J connectivity index is 1.92. The summed E-state index contributed by atoms with van der Waals surface area (Å²) in [5.41, 5.74) is 9.52. The van der Waals surface area contributed by atoms with Crippen molar-refractivity contribution in [3.8, 4) is 0 Å². The van der Waals surface area contributed by atoms with Gasteiger partial charge < -0.3 is 11.1 Å². The van der Waals surface area contributed by atoms with E-state index in [0.717, 1.165) is 21.8 Å². The van der Waals surface area contributed by atoms with E-state index >= 15 is 0 Å².